The van der Waals surface area contributed by atoms with Crippen LogP contribution in [0.4, 0.5) is 0 Å². The van der Waals surface area contributed by atoms with Crippen molar-refractivity contribution in [3.8, 4) is 0 Å². The van der Waals surface area contributed by atoms with E-state index in [9.17, 15) is 0 Å². The van der Waals surface area contributed by atoms with Gasteiger partial charge in [-0.2, -0.15) is 0 Å². The third kappa shape index (κ3) is 4.62. The lowest BCUT2D eigenvalue weighted by Crippen LogP contribution is -2.34. The van der Waals surface area contributed by atoms with Crippen molar-refractivity contribution >= 4 is 0 Å². The van der Waals surface area contributed by atoms with Gasteiger partial charge in [0.25, 0.3) is 0 Å². The average molecular weight is 278 g/mol. The molecule has 0 aromatic carbocycles. The zero-order valence-electron chi connectivity index (χ0n) is 14.0. The van der Waals surface area contributed by atoms with Crippen LogP contribution in [0.2, 0.25) is 0 Å². The van der Waals surface area contributed by atoms with Crippen molar-refractivity contribution in [2.24, 2.45) is 29.6 Å². The van der Waals surface area contributed by atoms with Crippen LogP contribution in [0.1, 0.15) is 66.2 Å². The molecule has 3 unspecified atom stereocenters. The highest BCUT2D eigenvalue weighted by atomic mass is 16.5. The standard InChI is InChI=1S/C19H34O/c1-14(2)10-16-6-5-7-17(12-16)19-8-9-20-13-18(19)11-15(3)4/h12,14-15,17-19H,5-11,13H2,1-4H3. The number of hydrogen-bond donors (Lipinski definition) is 0. The summed E-state index contributed by atoms with van der Waals surface area (Å²) in [6.45, 7) is 11.4. The molecule has 0 saturated carbocycles. The van der Waals surface area contributed by atoms with Gasteiger partial charge in [0.15, 0.2) is 0 Å². The lowest BCUT2D eigenvalue weighted by atomic mass is 9.71. The molecule has 0 N–H and O–H groups in total. The van der Waals surface area contributed by atoms with Gasteiger partial charge in [0.1, 0.15) is 0 Å². The Balaban J connectivity index is 2.03. The molecule has 0 bridgehead atoms. The summed E-state index contributed by atoms with van der Waals surface area (Å²) in [6.07, 6.45) is 10.8. The Morgan fingerprint density at radius 1 is 1.15 bits per heavy atom. The zero-order valence-corrected chi connectivity index (χ0v) is 14.0. The largest absolute Gasteiger partial charge is 0.381 e. The molecule has 1 fully saturated rings. The summed E-state index contributed by atoms with van der Waals surface area (Å²) in [5.74, 6) is 4.12. The third-order valence-corrected chi connectivity index (χ3v) is 5.01. The smallest absolute Gasteiger partial charge is 0.0497 e. The Morgan fingerprint density at radius 3 is 2.65 bits per heavy atom. The molecule has 1 aliphatic heterocycles. The van der Waals surface area contributed by atoms with E-state index in [2.05, 4.69) is 33.8 Å². The Labute approximate surface area is 126 Å². The molecule has 3 atom stereocenters. The highest BCUT2D eigenvalue weighted by Crippen LogP contribution is 2.40. The SMILES string of the molecule is CC(C)CC1=CC(C2CCOCC2CC(C)C)CCC1. The molecule has 0 spiro atoms. The van der Waals surface area contributed by atoms with Crippen LogP contribution in [0, 0.1) is 29.6 Å². The maximum Gasteiger partial charge on any atom is 0.0497 e. The minimum absolute atomic E-state index is 0.795. The summed E-state index contributed by atoms with van der Waals surface area (Å²) >= 11 is 0. The maximum absolute atomic E-state index is 5.77. The van der Waals surface area contributed by atoms with Crippen molar-refractivity contribution in [2.75, 3.05) is 13.2 Å². The molecular weight excluding hydrogens is 244 g/mol. The van der Waals surface area contributed by atoms with Crippen molar-refractivity contribution < 1.29 is 4.74 Å². The predicted molar refractivity (Wildman–Crippen MR) is 86.8 cm³/mol. The number of rotatable bonds is 5. The van der Waals surface area contributed by atoms with Crippen LogP contribution < -0.4 is 0 Å². The number of hydrogen-bond acceptors (Lipinski definition) is 1. The highest BCUT2D eigenvalue weighted by Gasteiger charge is 2.32. The molecule has 0 aromatic heterocycles. The van der Waals surface area contributed by atoms with E-state index < -0.39 is 0 Å². The first-order chi connectivity index (χ1) is 9.56. The van der Waals surface area contributed by atoms with Gasteiger partial charge in [0.05, 0.1) is 0 Å². The second kappa shape index (κ2) is 7.64. The van der Waals surface area contributed by atoms with E-state index in [-0.39, 0.29) is 0 Å². The van der Waals surface area contributed by atoms with Crippen molar-refractivity contribution in [2.45, 2.75) is 66.2 Å². The second-order valence-electron chi connectivity index (χ2n) is 7.90. The second-order valence-corrected chi connectivity index (χ2v) is 7.90. The zero-order chi connectivity index (χ0) is 14.5. The van der Waals surface area contributed by atoms with Crippen LogP contribution in [-0.4, -0.2) is 13.2 Å². The molecule has 116 valence electrons. The van der Waals surface area contributed by atoms with Gasteiger partial charge in [-0.1, -0.05) is 39.3 Å². The number of allylic oxidation sites excluding steroid dienone is 2. The molecule has 1 heteroatoms. The van der Waals surface area contributed by atoms with Crippen LogP contribution in [-0.2, 0) is 4.74 Å². The van der Waals surface area contributed by atoms with E-state index in [1.807, 2.05) is 0 Å². The van der Waals surface area contributed by atoms with Crippen molar-refractivity contribution in [3.05, 3.63) is 11.6 Å². The molecule has 2 aliphatic rings. The lowest BCUT2D eigenvalue weighted by molar-refractivity contribution is -0.00751. The van der Waals surface area contributed by atoms with Crippen LogP contribution in [0.5, 0.6) is 0 Å². The Hall–Kier alpha value is -0.300. The summed E-state index contributed by atoms with van der Waals surface area (Å²) in [5, 5.41) is 0. The molecule has 1 heterocycles. The van der Waals surface area contributed by atoms with Crippen molar-refractivity contribution in [1.82, 2.24) is 0 Å². The third-order valence-electron chi connectivity index (χ3n) is 5.01. The number of ether oxygens (including phenoxy) is 1. The van der Waals surface area contributed by atoms with Gasteiger partial charge in [-0.05, 0) is 68.1 Å². The molecule has 0 aromatic rings. The molecule has 20 heavy (non-hydrogen) atoms. The van der Waals surface area contributed by atoms with Gasteiger partial charge in [-0.3, -0.25) is 0 Å². The molecule has 1 nitrogen and oxygen atoms in total. The van der Waals surface area contributed by atoms with E-state index >= 15 is 0 Å². The molecule has 1 aliphatic carbocycles. The molecule has 0 radical (unpaired) electrons. The summed E-state index contributed by atoms with van der Waals surface area (Å²) < 4.78 is 5.77. The van der Waals surface area contributed by atoms with E-state index in [4.69, 9.17) is 4.74 Å². The van der Waals surface area contributed by atoms with Crippen molar-refractivity contribution in [1.29, 1.82) is 0 Å². The van der Waals surface area contributed by atoms with E-state index in [0.717, 1.165) is 42.8 Å². The van der Waals surface area contributed by atoms with Crippen LogP contribution in [0.25, 0.3) is 0 Å². The average Bonchev–Trinajstić information content (AvgIpc) is 2.38. The monoisotopic (exact) mass is 278 g/mol. The van der Waals surface area contributed by atoms with Crippen LogP contribution in [0.15, 0.2) is 11.6 Å². The minimum Gasteiger partial charge on any atom is -0.381 e. The normalized spacial score (nSPS) is 31.7. The minimum atomic E-state index is 0.795. The fourth-order valence-electron chi connectivity index (χ4n) is 4.29. The Bertz CT molecular complexity index is 316. The molecule has 0 amide bonds. The van der Waals surface area contributed by atoms with Gasteiger partial charge < -0.3 is 4.74 Å². The van der Waals surface area contributed by atoms with Gasteiger partial charge in [-0.25, -0.2) is 0 Å². The molecule has 1 saturated heterocycles. The van der Waals surface area contributed by atoms with Crippen LogP contribution >= 0.6 is 0 Å². The Kier molecular flexibility index (Phi) is 6.14. The summed E-state index contributed by atoms with van der Waals surface area (Å²) in [6, 6.07) is 0. The van der Waals surface area contributed by atoms with Gasteiger partial charge in [0, 0.05) is 13.2 Å². The topological polar surface area (TPSA) is 9.23 Å². The van der Waals surface area contributed by atoms with E-state index in [1.165, 1.54) is 38.5 Å². The summed E-state index contributed by atoms with van der Waals surface area (Å²) in [4.78, 5) is 0. The quantitative estimate of drug-likeness (QED) is 0.607. The Morgan fingerprint density at radius 2 is 1.95 bits per heavy atom. The fraction of sp³-hybridized carbons (Fsp3) is 0.895. The maximum atomic E-state index is 5.77. The highest BCUT2D eigenvalue weighted by molar-refractivity contribution is 5.10. The molecular formula is C19H34O. The first-order valence-corrected chi connectivity index (χ1v) is 8.83. The molecule has 2 rings (SSSR count). The first-order valence-electron chi connectivity index (χ1n) is 8.83. The first kappa shape index (κ1) is 16.1. The van der Waals surface area contributed by atoms with E-state index in [1.54, 1.807) is 5.57 Å². The van der Waals surface area contributed by atoms with Gasteiger partial charge >= 0.3 is 0 Å². The fourth-order valence-corrected chi connectivity index (χ4v) is 4.29. The van der Waals surface area contributed by atoms with E-state index in [0.29, 0.717) is 0 Å². The summed E-state index contributed by atoms with van der Waals surface area (Å²) in [5.41, 5.74) is 1.74. The van der Waals surface area contributed by atoms with Gasteiger partial charge in [-0.15, -0.1) is 0 Å². The summed E-state index contributed by atoms with van der Waals surface area (Å²) in [7, 11) is 0. The van der Waals surface area contributed by atoms with Crippen LogP contribution in [0.3, 0.4) is 0 Å². The lowest BCUT2D eigenvalue weighted by Gasteiger charge is -2.38. The van der Waals surface area contributed by atoms with Crippen molar-refractivity contribution in [3.63, 3.8) is 0 Å². The van der Waals surface area contributed by atoms with Gasteiger partial charge in [0.2, 0.25) is 0 Å². The predicted octanol–water partition coefficient (Wildman–Crippen LogP) is 5.46.